The molecule has 8 heteroatoms. The number of carbonyl (C=O) groups is 3. The molecule has 5 nitrogen and oxygen atoms in total. The largest absolute Gasteiger partial charge is 0.294 e. The summed E-state index contributed by atoms with van der Waals surface area (Å²) in [5.74, 6) is -1.49. The van der Waals surface area contributed by atoms with E-state index in [-0.39, 0.29) is 24.1 Å². The Labute approximate surface area is 180 Å². The summed E-state index contributed by atoms with van der Waals surface area (Å²) in [5, 5.41) is 0.726. The lowest BCUT2D eigenvalue weighted by Gasteiger charge is -2.20. The Morgan fingerprint density at radius 1 is 0.964 bits per heavy atom. The number of likely N-dealkylation sites (tertiary alicyclic amines) is 1. The molecule has 2 aromatic rings. The lowest BCUT2D eigenvalue weighted by atomic mass is 10.00. The number of anilines is 1. The standard InChI is InChI=1S/C20H15BrCl2N2O3/c21-12-3-1-11(2-4-12)18(26)10-24-8-16-17(9-24)20(28)25(19(16)27)15-6-13(22)5-14(23)7-15/h1-7,16-17H,8-10H2. The molecule has 0 aliphatic carbocycles. The summed E-state index contributed by atoms with van der Waals surface area (Å²) in [6.07, 6.45) is 0. The summed E-state index contributed by atoms with van der Waals surface area (Å²) in [5.41, 5.74) is 0.993. The normalized spacial score (nSPS) is 22.0. The fourth-order valence-electron chi connectivity index (χ4n) is 3.81. The average molecular weight is 482 g/mol. The van der Waals surface area contributed by atoms with Crippen LogP contribution in [0.2, 0.25) is 10.0 Å². The van der Waals surface area contributed by atoms with Gasteiger partial charge < -0.3 is 0 Å². The number of nitrogens with zero attached hydrogens (tertiary/aromatic N) is 2. The van der Waals surface area contributed by atoms with Crippen LogP contribution in [0.1, 0.15) is 10.4 Å². The number of rotatable bonds is 4. The van der Waals surface area contributed by atoms with Crippen LogP contribution < -0.4 is 4.90 Å². The van der Waals surface area contributed by atoms with Crippen LogP contribution >= 0.6 is 39.1 Å². The molecule has 2 aliphatic heterocycles. The summed E-state index contributed by atoms with van der Waals surface area (Å²) < 4.78 is 0.900. The molecule has 2 aromatic carbocycles. The van der Waals surface area contributed by atoms with Gasteiger partial charge in [-0.25, -0.2) is 4.90 Å². The van der Waals surface area contributed by atoms with E-state index in [1.54, 1.807) is 30.3 Å². The Bertz CT molecular complexity index is 936. The number of amides is 2. The van der Waals surface area contributed by atoms with Crippen LogP contribution in [0.5, 0.6) is 0 Å². The highest BCUT2D eigenvalue weighted by atomic mass is 79.9. The lowest BCUT2D eigenvalue weighted by Crippen LogP contribution is -2.37. The Morgan fingerprint density at radius 3 is 2.04 bits per heavy atom. The molecule has 2 heterocycles. The van der Waals surface area contributed by atoms with Crippen LogP contribution in [0.4, 0.5) is 5.69 Å². The van der Waals surface area contributed by atoms with E-state index in [1.165, 1.54) is 4.90 Å². The first kappa shape index (κ1) is 19.6. The van der Waals surface area contributed by atoms with Crippen molar-refractivity contribution in [3.63, 3.8) is 0 Å². The highest BCUT2D eigenvalue weighted by Crippen LogP contribution is 2.37. The Hall–Kier alpha value is -1.73. The van der Waals surface area contributed by atoms with E-state index < -0.39 is 11.8 Å². The minimum absolute atomic E-state index is 0.0362. The van der Waals surface area contributed by atoms with Crippen molar-refractivity contribution in [2.45, 2.75) is 0 Å². The maximum absolute atomic E-state index is 12.9. The van der Waals surface area contributed by atoms with Gasteiger partial charge in [-0.15, -0.1) is 0 Å². The van der Waals surface area contributed by atoms with Gasteiger partial charge in [0, 0.05) is 33.2 Å². The number of imide groups is 1. The maximum Gasteiger partial charge on any atom is 0.239 e. The van der Waals surface area contributed by atoms with E-state index >= 15 is 0 Å². The van der Waals surface area contributed by atoms with Crippen molar-refractivity contribution in [2.24, 2.45) is 11.8 Å². The number of hydrogen-bond donors (Lipinski definition) is 0. The van der Waals surface area contributed by atoms with E-state index in [0.29, 0.717) is 34.4 Å². The third-order valence-electron chi connectivity index (χ3n) is 5.11. The molecule has 28 heavy (non-hydrogen) atoms. The summed E-state index contributed by atoms with van der Waals surface area (Å²) in [6, 6.07) is 11.8. The Kier molecular flexibility index (Phi) is 5.31. The zero-order chi connectivity index (χ0) is 20.0. The van der Waals surface area contributed by atoms with E-state index in [9.17, 15) is 14.4 Å². The van der Waals surface area contributed by atoms with Crippen LogP contribution in [0, 0.1) is 11.8 Å². The molecule has 2 fully saturated rings. The van der Waals surface area contributed by atoms with Crippen molar-refractivity contribution in [3.05, 3.63) is 62.5 Å². The molecule has 2 aliphatic rings. The van der Waals surface area contributed by atoms with Gasteiger partial charge in [0.25, 0.3) is 0 Å². The van der Waals surface area contributed by atoms with E-state index in [4.69, 9.17) is 23.2 Å². The van der Waals surface area contributed by atoms with E-state index in [0.717, 1.165) is 4.47 Å². The van der Waals surface area contributed by atoms with E-state index in [2.05, 4.69) is 15.9 Å². The first-order valence-corrected chi connectivity index (χ1v) is 10.2. The zero-order valence-electron chi connectivity index (χ0n) is 14.6. The number of halogens is 3. The fraction of sp³-hybridized carbons (Fsp3) is 0.250. The molecular weight excluding hydrogens is 467 g/mol. The molecule has 0 spiro atoms. The average Bonchev–Trinajstić information content (AvgIpc) is 3.14. The van der Waals surface area contributed by atoms with Crippen LogP contribution in [-0.2, 0) is 9.59 Å². The summed E-state index contributed by atoms with van der Waals surface area (Å²) in [4.78, 5) is 41.3. The van der Waals surface area contributed by atoms with Gasteiger partial charge in [0.05, 0.1) is 24.1 Å². The van der Waals surface area contributed by atoms with E-state index in [1.807, 2.05) is 17.0 Å². The molecular formula is C20H15BrCl2N2O3. The smallest absolute Gasteiger partial charge is 0.239 e. The topological polar surface area (TPSA) is 57.7 Å². The van der Waals surface area contributed by atoms with Gasteiger partial charge in [-0.3, -0.25) is 19.3 Å². The Morgan fingerprint density at radius 2 is 1.50 bits per heavy atom. The summed E-state index contributed by atoms with van der Waals surface area (Å²) in [7, 11) is 0. The van der Waals surface area contributed by atoms with Crippen LogP contribution in [0.15, 0.2) is 46.9 Å². The molecule has 2 unspecified atom stereocenters. The van der Waals surface area contributed by atoms with Gasteiger partial charge in [0.15, 0.2) is 5.78 Å². The Balaban J connectivity index is 1.47. The highest BCUT2D eigenvalue weighted by molar-refractivity contribution is 9.10. The maximum atomic E-state index is 12.9. The number of Topliss-reactive ketones (excluding diaryl/α,β-unsaturated/α-hetero) is 1. The fourth-order valence-corrected chi connectivity index (χ4v) is 4.59. The van der Waals surface area contributed by atoms with Crippen molar-refractivity contribution in [2.75, 3.05) is 24.5 Å². The highest BCUT2D eigenvalue weighted by Gasteiger charge is 2.53. The molecule has 0 bridgehead atoms. The second-order valence-electron chi connectivity index (χ2n) is 6.98. The summed E-state index contributed by atoms with van der Waals surface area (Å²) >= 11 is 15.4. The molecule has 0 N–H and O–H groups in total. The van der Waals surface area contributed by atoms with Gasteiger partial charge >= 0.3 is 0 Å². The van der Waals surface area contributed by atoms with Crippen LogP contribution in [-0.4, -0.2) is 42.1 Å². The predicted octanol–water partition coefficient (Wildman–Crippen LogP) is 4.06. The van der Waals surface area contributed by atoms with Crippen molar-refractivity contribution >= 4 is 62.4 Å². The number of carbonyl (C=O) groups excluding carboxylic acids is 3. The second kappa shape index (κ2) is 7.59. The number of ketones is 1. The number of benzene rings is 2. The monoisotopic (exact) mass is 480 g/mol. The zero-order valence-corrected chi connectivity index (χ0v) is 17.7. The second-order valence-corrected chi connectivity index (χ2v) is 8.77. The van der Waals surface area contributed by atoms with Crippen molar-refractivity contribution in [1.29, 1.82) is 0 Å². The lowest BCUT2D eigenvalue weighted by molar-refractivity contribution is -0.123. The molecule has 0 radical (unpaired) electrons. The minimum atomic E-state index is -0.456. The third kappa shape index (κ3) is 3.62. The van der Waals surface area contributed by atoms with Crippen LogP contribution in [0.3, 0.4) is 0 Å². The molecule has 0 saturated carbocycles. The summed E-state index contributed by atoms with van der Waals surface area (Å²) in [6.45, 7) is 0.933. The molecule has 4 rings (SSSR count). The molecule has 2 atom stereocenters. The van der Waals surface area contributed by atoms with Crippen molar-refractivity contribution < 1.29 is 14.4 Å². The molecule has 144 valence electrons. The first-order chi connectivity index (χ1) is 13.3. The number of fused-ring (bicyclic) bond motifs is 1. The number of hydrogen-bond acceptors (Lipinski definition) is 4. The minimum Gasteiger partial charge on any atom is -0.294 e. The van der Waals surface area contributed by atoms with Gasteiger partial charge in [0.2, 0.25) is 11.8 Å². The van der Waals surface area contributed by atoms with Gasteiger partial charge in [-0.05, 0) is 30.3 Å². The van der Waals surface area contributed by atoms with Gasteiger partial charge in [-0.2, -0.15) is 0 Å². The molecule has 2 amide bonds. The van der Waals surface area contributed by atoms with Crippen molar-refractivity contribution in [3.8, 4) is 0 Å². The van der Waals surface area contributed by atoms with Gasteiger partial charge in [0.1, 0.15) is 0 Å². The quantitative estimate of drug-likeness (QED) is 0.488. The van der Waals surface area contributed by atoms with Crippen molar-refractivity contribution in [1.82, 2.24) is 4.90 Å². The van der Waals surface area contributed by atoms with Gasteiger partial charge in [-0.1, -0.05) is 51.3 Å². The van der Waals surface area contributed by atoms with Crippen LogP contribution in [0.25, 0.3) is 0 Å². The SMILES string of the molecule is O=C(CN1CC2C(=O)N(c3cc(Cl)cc(Cl)c3)C(=O)C2C1)c1ccc(Br)cc1. The predicted molar refractivity (Wildman–Crippen MR) is 111 cm³/mol. The molecule has 0 aromatic heterocycles. The molecule has 2 saturated heterocycles. The third-order valence-corrected chi connectivity index (χ3v) is 6.07. The first-order valence-electron chi connectivity index (χ1n) is 8.68.